The predicted molar refractivity (Wildman–Crippen MR) is 108 cm³/mol. The second kappa shape index (κ2) is 8.03. The summed E-state index contributed by atoms with van der Waals surface area (Å²) in [6.45, 7) is 0. The van der Waals surface area contributed by atoms with E-state index in [1.165, 1.54) is 24.3 Å². The van der Waals surface area contributed by atoms with Crippen LogP contribution in [0.25, 0.3) is 0 Å². The zero-order valence-corrected chi connectivity index (χ0v) is 15.8. The van der Waals surface area contributed by atoms with Gasteiger partial charge in [-0.25, -0.2) is 8.78 Å². The molecule has 0 bridgehead atoms. The number of hydrogen-bond donors (Lipinski definition) is 1. The number of phenolic OH excluding ortho intramolecular Hbond substituents is 1. The number of benzene rings is 3. The number of anilines is 1. The first-order chi connectivity index (χ1) is 14.0. The summed E-state index contributed by atoms with van der Waals surface area (Å²) in [5.74, 6) is -0.622. The Hall–Kier alpha value is -3.21. The number of halogens is 2. The van der Waals surface area contributed by atoms with Crippen molar-refractivity contribution in [3.05, 3.63) is 95.6 Å². The lowest BCUT2D eigenvalue weighted by Gasteiger charge is -2.47. The summed E-state index contributed by atoms with van der Waals surface area (Å²) in [5.41, 5.74) is 2.62. The molecule has 3 aromatic carbocycles. The first-order valence-corrected chi connectivity index (χ1v) is 9.65. The maximum atomic E-state index is 13.3. The van der Waals surface area contributed by atoms with Gasteiger partial charge in [0.1, 0.15) is 17.4 Å². The number of nitrogens with zero attached hydrogens (tertiary/aromatic N) is 1. The average Bonchev–Trinajstić information content (AvgIpc) is 2.72. The van der Waals surface area contributed by atoms with Gasteiger partial charge >= 0.3 is 0 Å². The molecule has 3 aromatic rings. The lowest BCUT2D eigenvalue weighted by atomic mass is 9.78. The third-order valence-electron chi connectivity index (χ3n) is 5.45. The molecule has 1 unspecified atom stereocenters. The Kier molecular flexibility index (Phi) is 5.30. The number of carbonyl (C=O) groups excluding carboxylic acids is 1. The molecule has 1 aliphatic rings. The van der Waals surface area contributed by atoms with Crippen molar-refractivity contribution in [1.82, 2.24) is 0 Å². The first-order valence-electron chi connectivity index (χ1n) is 9.65. The lowest BCUT2D eigenvalue weighted by molar-refractivity contribution is -0.130. The van der Waals surface area contributed by atoms with Gasteiger partial charge in [-0.05, 0) is 78.9 Å². The largest absolute Gasteiger partial charge is 0.508 e. The summed E-state index contributed by atoms with van der Waals surface area (Å²) in [6, 6.07) is 19.0. The molecule has 4 rings (SSSR count). The fourth-order valence-electron chi connectivity index (χ4n) is 3.95. The van der Waals surface area contributed by atoms with Crippen molar-refractivity contribution < 1.29 is 18.7 Å². The van der Waals surface area contributed by atoms with Crippen LogP contribution in [0.4, 0.5) is 14.5 Å². The molecule has 0 saturated carbocycles. The molecular formula is C24H21F2NO2. The quantitative estimate of drug-likeness (QED) is 0.570. The smallest absolute Gasteiger partial charge is 0.233 e. The van der Waals surface area contributed by atoms with E-state index in [0.717, 1.165) is 24.0 Å². The van der Waals surface area contributed by atoms with Gasteiger partial charge in [-0.3, -0.25) is 4.79 Å². The second-order valence-corrected chi connectivity index (χ2v) is 7.35. The molecule has 29 heavy (non-hydrogen) atoms. The topological polar surface area (TPSA) is 40.5 Å². The Labute approximate surface area is 168 Å². The summed E-state index contributed by atoms with van der Waals surface area (Å²) < 4.78 is 26.4. The molecule has 5 heteroatoms. The van der Waals surface area contributed by atoms with Gasteiger partial charge in [0, 0.05) is 5.69 Å². The van der Waals surface area contributed by atoms with E-state index in [2.05, 4.69) is 0 Å². The predicted octanol–water partition coefficient (Wildman–Crippen LogP) is 5.40. The highest BCUT2D eigenvalue weighted by Crippen LogP contribution is 2.45. The number of rotatable bonds is 6. The lowest BCUT2D eigenvalue weighted by Crippen LogP contribution is -2.55. The molecule has 148 valence electrons. The third-order valence-corrected chi connectivity index (χ3v) is 5.45. The normalized spacial score (nSPS) is 18.6. The standard InChI is InChI=1S/C24H21F2NO2/c25-18-8-4-16(5-9-18)2-1-3-22-23(17-6-14-21(28)15-7-17)27(24(22)29)20-12-10-19(26)11-13-20/h4-15,22-23,28H,1-3H2/t22?,23-/m1/s1. The van der Waals surface area contributed by atoms with Crippen LogP contribution in [0.15, 0.2) is 72.8 Å². The summed E-state index contributed by atoms with van der Waals surface area (Å²) in [5, 5.41) is 9.60. The van der Waals surface area contributed by atoms with Crippen LogP contribution in [-0.4, -0.2) is 11.0 Å². The van der Waals surface area contributed by atoms with E-state index < -0.39 is 0 Å². The minimum Gasteiger partial charge on any atom is -0.508 e. The van der Waals surface area contributed by atoms with Crippen LogP contribution >= 0.6 is 0 Å². The van der Waals surface area contributed by atoms with E-state index in [-0.39, 0.29) is 35.3 Å². The van der Waals surface area contributed by atoms with E-state index in [0.29, 0.717) is 12.1 Å². The number of hydrogen-bond acceptors (Lipinski definition) is 2. The molecule has 0 aliphatic carbocycles. The summed E-state index contributed by atoms with van der Waals surface area (Å²) in [4.78, 5) is 14.6. The molecule has 0 spiro atoms. The molecule has 2 atom stereocenters. The van der Waals surface area contributed by atoms with Crippen LogP contribution in [0.5, 0.6) is 5.75 Å². The van der Waals surface area contributed by atoms with Crippen LogP contribution in [0.2, 0.25) is 0 Å². The molecule has 1 amide bonds. The maximum Gasteiger partial charge on any atom is 0.233 e. The van der Waals surface area contributed by atoms with E-state index >= 15 is 0 Å². The highest BCUT2D eigenvalue weighted by molar-refractivity contribution is 6.03. The van der Waals surface area contributed by atoms with Crippen LogP contribution < -0.4 is 4.90 Å². The summed E-state index contributed by atoms with van der Waals surface area (Å²) in [7, 11) is 0. The van der Waals surface area contributed by atoms with Crippen molar-refractivity contribution in [2.45, 2.75) is 25.3 Å². The monoisotopic (exact) mass is 393 g/mol. The Morgan fingerprint density at radius 1 is 0.828 bits per heavy atom. The van der Waals surface area contributed by atoms with Gasteiger partial charge < -0.3 is 10.0 Å². The number of β-lactam (4-membered cyclic amide) rings is 1. The summed E-state index contributed by atoms with van der Waals surface area (Å²) >= 11 is 0. The average molecular weight is 393 g/mol. The van der Waals surface area contributed by atoms with E-state index in [9.17, 15) is 18.7 Å². The number of aryl methyl sites for hydroxylation is 1. The second-order valence-electron chi connectivity index (χ2n) is 7.35. The molecule has 3 nitrogen and oxygen atoms in total. The Morgan fingerprint density at radius 2 is 1.41 bits per heavy atom. The van der Waals surface area contributed by atoms with Gasteiger partial charge in [-0.1, -0.05) is 24.3 Å². The minimum atomic E-state index is -0.348. The number of amides is 1. The van der Waals surface area contributed by atoms with Gasteiger partial charge in [0.05, 0.1) is 12.0 Å². The highest BCUT2D eigenvalue weighted by atomic mass is 19.1. The molecule has 1 fully saturated rings. The zero-order valence-electron chi connectivity index (χ0n) is 15.8. The molecule has 0 aromatic heterocycles. The van der Waals surface area contributed by atoms with Crippen molar-refractivity contribution in [3.8, 4) is 5.75 Å². The van der Waals surface area contributed by atoms with E-state index in [1.54, 1.807) is 41.3 Å². The first kappa shape index (κ1) is 19.1. The van der Waals surface area contributed by atoms with Crippen molar-refractivity contribution in [2.24, 2.45) is 5.92 Å². The van der Waals surface area contributed by atoms with Crippen LogP contribution in [0.3, 0.4) is 0 Å². The van der Waals surface area contributed by atoms with Gasteiger partial charge in [0.15, 0.2) is 0 Å². The third kappa shape index (κ3) is 3.99. The fourth-order valence-corrected chi connectivity index (χ4v) is 3.95. The van der Waals surface area contributed by atoms with Crippen LogP contribution in [-0.2, 0) is 11.2 Å². The molecule has 0 radical (unpaired) electrons. The fraction of sp³-hybridized carbons (Fsp3) is 0.208. The number of carbonyl (C=O) groups is 1. The number of aromatic hydroxyl groups is 1. The molecule has 1 saturated heterocycles. The molecule has 1 heterocycles. The van der Waals surface area contributed by atoms with E-state index in [4.69, 9.17) is 0 Å². The summed E-state index contributed by atoms with van der Waals surface area (Å²) in [6.07, 6.45) is 2.26. The van der Waals surface area contributed by atoms with Crippen molar-refractivity contribution in [2.75, 3.05) is 4.90 Å². The minimum absolute atomic E-state index is 0.00814. The van der Waals surface area contributed by atoms with Gasteiger partial charge in [0.2, 0.25) is 5.91 Å². The van der Waals surface area contributed by atoms with E-state index in [1.807, 2.05) is 12.1 Å². The molecular weight excluding hydrogens is 372 g/mol. The maximum absolute atomic E-state index is 13.3. The van der Waals surface area contributed by atoms with Crippen molar-refractivity contribution >= 4 is 11.6 Å². The van der Waals surface area contributed by atoms with Gasteiger partial charge in [-0.15, -0.1) is 0 Å². The molecule has 1 N–H and O–H groups in total. The Balaban J connectivity index is 1.52. The zero-order chi connectivity index (χ0) is 20.4. The van der Waals surface area contributed by atoms with Crippen LogP contribution in [0.1, 0.15) is 30.0 Å². The SMILES string of the molecule is O=C1C(CCCc2ccc(F)cc2)[C@@H](c2ccc(O)cc2)N1c1ccc(F)cc1. The Bertz CT molecular complexity index is 985. The van der Waals surface area contributed by atoms with Gasteiger partial charge in [-0.2, -0.15) is 0 Å². The van der Waals surface area contributed by atoms with Crippen molar-refractivity contribution in [3.63, 3.8) is 0 Å². The van der Waals surface area contributed by atoms with Gasteiger partial charge in [0.25, 0.3) is 0 Å². The number of phenols is 1. The van der Waals surface area contributed by atoms with Crippen LogP contribution in [0, 0.1) is 17.6 Å². The molecule has 1 aliphatic heterocycles. The highest BCUT2D eigenvalue weighted by Gasteiger charge is 2.48. The Morgan fingerprint density at radius 3 is 2.03 bits per heavy atom. The van der Waals surface area contributed by atoms with Crippen molar-refractivity contribution in [1.29, 1.82) is 0 Å².